The first kappa shape index (κ1) is 15.7. The van der Waals surface area contributed by atoms with Crippen molar-refractivity contribution in [3.63, 3.8) is 0 Å². The predicted octanol–water partition coefficient (Wildman–Crippen LogP) is 4.71. The van der Waals surface area contributed by atoms with Crippen molar-refractivity contribution in [2.45, 2.75) is 6.42 Å². The van der Waals surface area contributed by atoms with E-state index in [2.05, 4.69) is 0 Å². The van der Waals surface area contributed by atoms with Crippen molar-refractivity contribution in [1.82, 2.24) is 0 Å². The van der Waals surface area contributed by atoms with Gasteiger partial charge in [0.2, 0.25) is 0 Å². The number of rotatable bonds is 4. The zero-order valence-electron chi connectivity index (χ0n) is 10.9. The first-order valence-corrected chi connectivity index (χ1v) is 6.68. The second kappa shape index (κ2) is 6.41. The van der Waals surface area contributed by atoms with Gasteiger partial charge in [-0.15, -0.1) is 0 Å². The van der Waals surface area contributed by atoms with E-state index in [1.54, 1.807) is 0 Å². The van der Waals surface area contributed by atoms with Crippen LogP contribution in [-0.4, -0.2) is 12.9 Å². The van der Waals surface area contributed by atoms with Crippen LogP contribution in [0.2, 0.25) is 10.0 Å². The Bertz CT molecular complexity index is 682. The lowest BCUT2D eigenvalue weighted by Crippen LogP contribution is -2.08. The molecule has 0 saturated heterocycles. The fourth-order valence-electron chi connectivity index (χ4n) is 1.86. The van der Waals surface area contributed by atoms with Crippen LogP contribution in [0.5, 0.6) is 5.75 Å². The molecule has 0 aliphatic carbocycles. The zero-order valence-corrected chi connectivity index (χ0v) is 12.4. The summed E-state index contributed by atoms with van der Waals surface area (Å²) in [4.78, 5) is 12.2. The highest BCUT2D eigenvalue weighted by atomic mass is 35.5. The normalized spacial score (nSPS) is 10.5. The lowest BCUT2D eigenvalue weighted by Gasteiger charge is -2.09. The summed E-state index contributed by atoms with van der Waals surface area (Å²) in [5.41, 5.74) is -0.212. The minimum Gasteiger partial charge on any atom is -0.495 e. The molecule has 0 spiro atoms. The number of Topliss-reactive ketones (excluding diaryl/α,β-unsaturated/α-hetero) is 1. The summed E-state index contributed by atoms with van der Waals surface area (Å²) in [6.07, 6.45) is -0.444. The van der Waals surface area contributed by atoms with Crippen LogP contribution in [0.4, 0.5) is 8.78 Å². The molecule has 0 fully saturated rings. The van der Waals surface area contributed by atoms with Gasteiger partial charge in [-0.25, -0.2) is 8.78 Å². The number of ketones is 1. The van der Waals surface area contributed by atoms with Gasteiger partial charge in [-0.2, -0.15) is 0 Å². The maximum absolute atomic E-state index is 13.6. The first-order valence-electron chi connectivity index (χ1n) is 5.93. The van der Waals surface area contributed by atoms with E-state index in [1.165, 1.54) is 25.3 Å². The van der Waals surface area contributed by atoms with Crippen molar-refractivity contribution in [3.05, 3.63) is 63.1 Å². The molecule has 0 aromatic heterocycles. The van der Waals surface area contributed by atoms with Crippen molar-refractivity contribution in [2.75, 3.05) is 7.11 Å². The fourth-order valence-corrected chi connectivity index (χ4v) is 2.36. The monoisotopic (exact) mass is 330 g/mol. The Labute approximate surface area is 130 Å². The summed E-state index contributed by atoms with van der Waals surface area (Å²) >= 11 is 11.9. The van der Waals surface area contributed by atoms with Gasteiger partial charge in [-0.3, -0.25) is 4.79 Å². The van der Waals surface area contributed by atoms with Crippen LogP contribution in [0.1, 0.15) is 15.9 Å². The summed E-state index contributed by atoms with van der Waals surface area (Å²) in [5.74, 6) is -1.78. The van der Waals surface area contributed by atoms with Crippen LogP contribution < -0.4 is 4.74 Å². The second-order valence-electron chi connectivity index (χ2n) is 4.27. The molecule has 21 heavy (non-hydrogen) atoms. The summed E-state index contributed by atoms with van der Waals surface area (Å²) < 4.78 is 32.1. The average molecular weight is 331 g/mol. The molecule has 0 unspecified atom stereocenters. The third kappa shape index (κ3) is 3.34. The number of ether oxygens (including phenoxy) is 1. The molecule has 2 nitrogen and oxygen atoms in total. The molecule has 0 heterocycles. The van der Waals surface area contributed by atoms with Gasteiger partial charge in [-0.1, -0.05) is 29.3 Å². The molecule has 0 aliphatic heterocycles. The molecule has 0 bridgehead atoms. The SMILES string of the molecule is COc1cc(Cl)c(C(=O)Cc2c(F)cccc2F)cc1Cl. The third-order valence-electron chi connectivity index (χ3n) is 2.94. The van der Waals surface area contributed by atoms with E-state index >= 15 is 0 Å². The maximum atomic E-state index is 13.6. The van der Waals surface area contributed by atoms with Gasteiger partial charge < -0.3 is 4.74 Å². The molecule has 0 N–H and O–H groups in total. The molecule has 2 aromatic carbocycles. The van der Waals surface area contributed by atoms with Gasteiger partial charge >= 0.3 is 0 Å². The van der Waals surface area contributed by atoms with Gasteiger partial charge in [0.15, 0.2) is 5.78 Å². The van der Waals surface area contributed by atoms with Gasteiger partial charge in [0, 0.05) is 23.6 Å². The van der Waals surface area contributed by atoms with Crippen LogP contribution in [0.25, 0.3) is 0 Å². The van der Waals surface area contributed by atoms with Gasteiger partial charge in [-0.05, 0) is 18.2 Å². The number of carbonyl (C=O) groups is 1. The van der Waals surface area contributed by atoms with Crippen molar-refractivity contribution >= 4 is 29.0 Å². The highest BCUT2D eigenvalue weighted by Crippen LogP contribution is 2.31. The molecule has 2 aromatic rings. The van der Waals surface area contributed by atoms with E-state index in [-0.39, 0.29) is 21.2 Å². The Morgan fingerprint density at radius 1 is 1.14 bits per heavy atom. The van der Waals surface area contributed by atoms with Crippen LogP contribution >= 0.6 is 23.2 Å². The maximum Gasteiger partial charge on any atom is 0.169 e. The molecule has 0 radical (unpaired) electrons. The summed E-state index contributed by atoms with van der Waals surface area (Å²) in [7, 11) is 1.41. The summed E-state index contributed by atoms with van der Waals surface area (Å²) in [5, 5.41) is 0.303. The predicted molar refractivity (Wildman–Crippen MR) is 77.4 cm³/mol. The van der Waals surface area contributed by atoms with Crippen molar-refractivity contribution in [1.29, 1.82) is 0 Å². The standard InChI is InChI=1S/C15H10Cl2F2O2/c1-21-15-7-10(16)8(5-11(15)17)14(20)6-9-12(18)3-2-4-13(9)19/h2-5,7H,6H2,1H3. The summed E-state index contributed by atoms with van der Waals surface area (Å²) in [6.45, 7) is 0. The van der Waals surface area contributed by atoms with Crippen molar-refractivity contribution in [3.8, 4) is 5.75 Å². The zero-order chi connectivity index (χ0) is 15.6. The minimum absolute atomic E-state index is 0.0881. The Balaban J connectivity index is 2.35. The fraction of sp³-hybridized carbons (Fsp3) is 0.133. The van der Waals surface area contributed by atoms with Crippen molar-refractivity contribution < 1.29 is 18.3 Å². The number of benzene rings is 2. The lowest BCUT2D eigenvalue weighted by molar-refractivity contribution is 0.0990. The Kier molecular flexibility index (Phi) is 4.80. The number of hydrogen-bond acceptors (Lipinski definition) is 2. The third-order valence-corrected chi connectivity index (χ3v) is 3.55. The van der Waals surface area contributed by atoms with E-state index in [4.69, 9.17) is 27.9 Å². The van der Waals surface area contributed by atoms with Gasteiger partial charge in [0.1, 0.15) is 17.4 Å². The molecule has 0 aliphatic rings. The van der Waals surface area contributed by atoms with Crippen LogP contribution in [0, 0.1) is 11.6 Å². The second-order valence-corrected chi connectivity index (χ2v) is 5.08. The molecule has 0 atom stereocenters. The number of halogens is 4. The van der Waals surface area contributed by atoms with E-state index in [9.17, 15) is 13.6 Å². The molecular weight excluding hydrogens is 321 g/mol. The number of carbonyl (C=O) groups excluding carboxylic acids is 1. The van der Waals surface area contributed by atoms with Crippen LogP contribution in [-0.2, 0) is 6.42 Å². The van der Waals surface area contributed by atoms with Gasteiger partial charge in [0.05, 0.1) is 17.2 Å². The largest absolute Gasteiger partial charge is 0.495 e. The topological polar surface area (TPSA) is 26.3 Å². The summed E-state index contributed by atoms with van der Waals surface area (Å²) in [6, 6.07) is 6.12. The molecule has 110 valence electrons. The lowest BCUT2D eigenvalue weighted by atomic mass is 10.0. The van der Waals surface area contributed by atoms with E-state index in [0.29, 0.717) is 5.75 Å². The van der Waals surface area contributed by atoms with Crippen molar-refractivity contribution in [2.24, 2.45) is 0 Å². The van der Waals surface area contributed by atoms with E-state index < -0.39 is 23.8 Å². The molecular formula is C15H10Cl2F2O2. The van der Waals surface area contributed by atoms with Gasteiger partial charge in [0.25, 0.3) is 0 Å². The average Bonchev–Trinajstić information content (AvgIpc) is 2.44. The Morgan fingerprint density at radius 3 is 2.33 bits per heavy atom. The number of hydrogen-bond donors (Lipinski definition) is 0. The smallest absolute Gasteiger partial charge is 0.169 e. The minimum atomic E-state index is -0.779. The molecule has 2 rings (SSSR count). The quantitative estimate of drug-likeness (QED) is 0.759. The molecule has 0 amide bonds. The molecule has 0 saturated carbocycles. The van der Waals surface area contributed by atoms with E-state index in [1.807, 2.05) is 0 Å². The highest BCUT2D eigenvalue weighted by molar-refractivity contribution is 6.36. The first-order chi connectivity index (χ1) is 9.93. The van der Waals surface area contributed by atoms with Crippen LogP contribution in [0.3, 0.4) is 0 Å². The Hall–Kier alpha value is -1.65. The number of methoxy groups -OCH3 is 1. The highest BCUT2D eigenvalue weighted by Gasteiger charge is 2.18. The Morgan fingerprint density at radius 2 is 1.76 bits per heavy atom. The molecule has 6 heteroatoms. The van der Waals surface area contributed by atoms with Crippen LogP contribution in [0.15, 0.2) is 30.3 Å². The van der Waals surface area contributed by atoms with E-state index in [0.717, 1.165) is 12.1 Å².